The molecule has 0 aliphatic heterocycles. The Labute approximate surface area is 135 Å². The van der Waals surface area contributed by atoms with Gasteiger partial charge in [0.25, 0.3) is 0 Å². The molecule has 0 saturated heterocycles. The molecule has 1 aromatic heterocycles. The highest BCUT2D eigenvalue weighted by molar-refractivity contribution is 7.21. The van der Waals surface area contributed by atoms with E-state index in [1.54, 1.807) is 19.9 Å². The Morgan fingerprint density at radius 3 is 2.32 bits per heavy atom. The number of rotatable bonds is 2. The van der Waals surface area contributed by atoms with Crippen molar-refractivity contribution in [1.29, 1.82) is 0 Å². The Morgan fingerprint density at radius 2 is 1.68 bits per heavy atom. The molecule has 0 N–H and O–H groups in total. The standard InChI is InChI=1S/C17H11ClF2OS/c1-8-5-11(20)6-9(2)14(8)16(21)17-15(18)12-4-3-10(19)7-13(12)22-17/h3-7H,1-2H3. The van der Waals surface area contributed by atoms with Crippen LogP contribution < -0.4 is 0 Å². The largest absolute Gasteiger partial charge is 0.288 e. The maximum Gasteiger partial charge on any atom is 0.205 e. The maximum atomic E-state index is 13.4. The predicted molar refractivity (Wildman–Crippen MR) is 86.1 cm³/mol. The molecule has 0 saturated carbocycles. The number of carbonyl (C=O) groups excluding carboxylic acids is 1. The van der Waals surface area contributed by atoms with Crippen molar-refractivity contribution in [2.75, 3.05) is 0 Å². The van der Waals surface area contributed by atoms with Gasteiger partial charge in [0.05, 0.1) is 9.90 Å². The van der Waals surface area contributed by atoms with Crippen molar-refractivity contribution in [2.45, 2.75) is 13.8 Å². The van der Waals surface area contributed by atoms with Crippen molar-refractivity contribution in [3.05, 3.63) is 68.6 Å². The van der Waals surface area contributed by atoms with Gasteiger partial charge in [0.15, 0.2) is 0 Å². The third-order valence-corrected chi connectivity index (χ3v) is 5.18. The SMILES string of the molecule is Cc1cc(F)cc(C)c1C(=O)c1sc2cc(F)ccc2c1Cl. The molecular formula is C17H11ClF2OS. The molecule has 0 atom stereocenters. The van der Waals surface area contributed by atoms with Crippen LogP contribution in [0.2, 0.25) is 5.02 Å². The molecule has 2 aromatic carbocycles. The number of halogens is 3. The number of hydrogen-bond donors (Lipinski definition) is 0. The van der Waals surface area contributed by atoms with E-state index in [-0.39, 0.29) is 17.4 Å². The van der Waals surface area contributed by atoms with Crippen LogP contribution in [-0.2, 0) is 0 Å². The van der Waals surface area contributed by atoms with E-state index in [1.165, 1.54) is 24.3 Å². The first-order chi connectivity index (χ1) is 10.4. The molecule has 0 amide bonds. The van der Waals surface area contributed by atoms with Crippen molar-refractivity contribution >= 4 is 38.8 Å². The first kappa shape index (κ1) is 15.1. The van der Waals surface area contributed by atoms with E-state index in [2.05, 4.69) is 0 Å². The fraction of sp³-hybridized carbons (Fsp3) is 0.118. The predicted octanol–water partition coefficient (Wildman–Crippen LogP) is 5.68. The minimum absolute atomic E-state index is 0.262. The van der Waals surface area contributed by atoms with Crippen LogP contribution in [0.15, 0.2) is 30.3 Å². The lowest BCUT2D eigenvalue weighted by Gasteiger charge is -2.08. The summed E-state index contributed by atoms with van der Waals surface area (Å²) in [6.07, 6.45) is 0. The van der Waals surface area contributed by atoms with E-state index in [4.69, 9.17) is 11.6 Å². The molecule has 1 heterocycles. The van der Waals surface area contributed by atoms with Crippen LogP contribution in [0.25, 0.3) is 10.1 Å². The summed E-state index contributed by atoms with van der Waals surface area (Å²) < 4.78 is 27.3. The summed E-state index contributed by atoms with van der Waals surface area (Å²) in [5, 5.41) is 0.960. The second-order valence-electron chi connectivity index (χ2n) is 5.13. The lowest BCUT2D eigenvalue weighted by atomic mass is 9.98. The van der Waals surface area contributed by atoms with E-state index in [9.17, 15) is 13.6 Å². The van der Waals surface area contributed by atoms with Crippen molar-refractivity contribution < 1.29 is 13.6 Å². The Bertz CT molecular complexity index is 891. The highest BCUT2D eigenvalue weighted by Gasteiger charge is 2.22. The van der Waals surface area contributed by atoms with Gasteiger partial charge in [0, 0.05) is 15.6 Å². The second kappa shape index (κ2) is 5.45. The molecule has 0 aliphatic carbocycles. The molecule has 3 aromatic rings. The summed E-state index contributed by atoms with van der Waals surface area (Å²) >= 11 is 7.43. The third-order valence-electron chi connectivity index (χ3n) is 3.52. The Hall–Kier alpha value is -1.78. The molecule has 0 fully saturated rings. The first-order valence-electron chi connectivity index (χ1n) is 6.57. The molecule has 0 bridgehead atoms. The van der Waals surface area contributed by atoms with Gasteiger partial charge in [-0.1, -0.05) is 11.6 Å². The van der Waals surface area contributed by atoms with Gasteiger partial charge >= 0.3 is 0 Å². The Morgan fingerprint density at radius 1 is 1.05 bits per heavy atom. The first-order valence-corrected chi connectivity index (χ1v) is 7.77. The summed E-state index contributed by atoms with van der Waals surface area (Å²) in [5.74, 6) is -1.02. The van der Waals surface area contributed by atoms with Crippen LogP contribution in [0.5, 0.6) is 0 Å². The second-order valence-corrected chi connectivity index (χ2v) is 6.56. The molecule has 22 heavy (non-hydrogen) atoms. The normalized spacial score (nSPS) is 11.1. The minimum Gasteiger partial charge on any atom is -0.288 e. The molecule has 1 nitrogen and oxygen atoms in total. The zero-order chi connectivity index (χ0) is 16.0. The highest BCUT2D eigenvalue weighted by Crippen LogP contribution is 2.37. The fourth-order valence-corrected chi connectivity index (χ4v) is 4.06. The number of carbonyl (C=O) groups is 1. The van der Waals surface area contributed by atoms with Crippen molar-refractivity contribution in [3.63, 3.8) is 0 Å². The minimum atomic E-state index is -0.379. The molecule has 112 valence electrons. The average molecular weight is 337 g/mol. The van der Waals surface area contributed by atoms with Crippen LogP contribution in [0, 0.1) is 25.5 Å². The topological polar surface area (TPSA) is 17.1 Å². The molecule has 3 rings (SSSR count). The van der Waals surface area contributed by atoms with Gasteiger partial charge in [-0.05, 0) is 55.3 Å². The third kappa shape index (κ3) is 2.42. The number of thiophene rings is 1. The number of benzene rings is 2. The molecular weight excluding hydrogens is 326 g/mol. The van der Waals surface area contributed by atoms with Gasteiger partial charge in [0.2, 0.25) is 5.78 Å². The van der Waals surface area contributed by atoms with Crippen LogP contribution in [0.1, 0.15) is 26.4 Å². The van der Waals surface area contributed by atoms with Gasteiger partial charge in [0.1, 0.15) is 11.6 Å². The lowest BCUT2D eigenvalue weighted by Crippen LogP contribution is -2.05. The van der Waals surface area contributed by atoms with Gasteiger partial charge < -0.3 is 0 Å². The summed E-state index contributed by atoms with van der Waals surface area (Å²) in [7, 11) is 0. The number of ketones is 1. The Balaban J connectivity index is 2.20. The Kier molecular flexibility index (Phi) is 3.75. The molecule has 0 aliphatic rings. The summed E-state index contributed by atoms with van der Waals surface area (Å²) in [4.78, 5) is 13.1. The molecule has 5 heteroatoms. The van der Waals surface area contributed by atoms with E-state index >= 15 is 0 Å². The maximum absolute atomic E-state index is 13.4. The monoisotopic (exact) mass is 336 g/mol. The molecule has 0 unspecified atom stereocenters. The smallest absolute Gasteiger partial charge is 0.205 e. The van der Waals surface area contributed by atoms with Crippen LogP contribution in [0.4, 0.5) is 8.78 Å². The van der Waals surface area contributed by atoms with Crippen LogP contribution >= 0.6 is 22.9 Å². The number of hydrogen-bond acceptors (Lipinski definition) is 2. The zero-order valence-corrected chi connectivity index (χ0v) is 13.4. The van der Waals surface area contributed by atoms with Gasteiger partial charge in [-0.15, -0.1) is 11.3 Å². The summed E-state index contributed by atoms with van der Waals surface area (Å²) in [6, 6.07) is 6.86. The van der Waals surface area contributed by atoms with Gasteiger partial charge in [-0.2, -0.15) is 0 Å². The highest BCUT2D eigenvalue weighted by atomic mass is 35.5. The molecule has 0 spiro atoms. The van der Waals surface area contributed by atoms with Gasteiger partial charge in [-0.3, -0.25) is 4.79 Å². The van der Waals surface area contributed by atoms with E-state index in [1.807, 2.05) is 0 Å². The van der Waals surface area contributed by atoms with Crippen LogP contribution in [0.3, 0.4) is 0 Å². The number of fused-ring (bicyclic) bond motifs is 1. The zero-order valence-electron chi connectivity index (χ0n) is 11.8. The molecule has 0 radical (unpaired) electrons. The number of aryl methyl sites for hydroxylation is 2. The summed E-state index contributed by atoms with van der Waals surface area (Å²) in [5.41, 5.74) is 1.56. The van der Waals surface area contributed by atoms with Crippen LogP contribution in [-0.4, -0.2) is 5.78 Å². The van der Waals surface area contributed by atoms with E-state index < -0.39 is 0 Å². The quantitative estimate of drug-likeness (QED) is 0.550. The van der Waals surface area contributed by atoms with Crippen molar-refractivity contribution in [2.24, 2.45) is 0 Å². The van der Waals surface area contributed by atoms with E-state index in [0.29, 0.717) is 36.7 Å². The van der Waals surface area contributed by atoms with Gasteiger partial charge in [-0.25, -0.2) is 8.78 Å². The van der Waals surface area contributed by atoms with E-state index in [0.717, 1.165) is 11.3 Å². The lowest BCUT2D eigenvalue weighted by molar-refractivity contribution is 0.104. The van der Waals surface area contributed by atoms with Crippen molar-refractivity contribution in [1.82, 2.24) is 0 Å². The summed E-state index contributed by atoms with van der Waals surface area (Å²) in [6.45, 7) is 3.37. The fourth-order valence-electron chi connectivity index (χ4n) is 2.57. The van der Waals surface area contributed by atoms with Crippen molar-refractivity contribution in [3.8, 4) is 0 Å². The average Bonchev–Trinajstić information content (AvgIpc) is 2.74.